The van der Waals surface area contributed by atoms with Crippen molar-refractivity contribution in [3.63, 3.8) is 0 Å². The molecule has 2 aromatic rings. The molecule has 5 nitrogen and oxygen atoms in total. The fraction of sp³-hybridized carbons (Fsp3) is 0.250. The van der Waals surface area contributed by atoms with Crippen LogP contribution in [0.2, 0.25) is 0 Å². The molecule has 2 aromatic carbocycles. The van der Waals surface area contributed by atoms with Crippen molar-refractivity contribution < 1.29 is 9.66 Å². The van der Waals surface area contributed by atoms with Gasteiger partial charge < -0.3 is 10.5 Å². The number of non-ortho nitro benzene ring substituents is 1. The molecule has 0 saturated heterocycles. The van der Waals surface area contributed by atoms with Gasteiger partial charge in [-0.3, -0.25) is 10.1 Å². The van der Waals surface area contributed by atoms with Crippen LogP contribution >= 0.6 is 0 Å². The lowest BCUT2D eigenvalue weighted by atomic mass is 10.1. The summed E-state index contributed by atoms with van der Waals surface area (Å²) in [5.74, 6) is 0.835. The molecule has 5 heteroatoms. The average Bonchev–Trinajstić information content (AvgIpc) is 2.49. The molecule has 0 atom stereocenters. The first-order valence-corrected chi connectivity index (χ1v) is 6.76. The summed E-state index contributed by atoms with van der Waals surface area (Å²) in [4.78, 5) is 10.2. The van der Waals surface area contributed by atoms with Crippen LogP contribution < -0.4 is 10.5 Å². The van der Waals surface area contributed by atoms with E-state index in [1.54, 1.807) is 12.1 Å². The first-order chi connectivity index (χ1) is 10.1. The first-order valence-electron chi connectivity index (χ1n) is 6.76. The fourth-order valence-electron chi connectivity index (χ4n) is 2.14. The van der Waals surface area contributed by atoms with Crippen molar-refractivity contribution in [3.05, 3.63) is 69.3 Å². The number of nitro groups is 1. The maximum Gasteiger partial charge on any atom is 0.269 e. The van der Waals surface area contributed by atoms with Crippen LogP contribution in [0, 0.1) is 17.0 Å². The minimum Gasteiger partial charge on any atom is -0.493 e. The maximum atomic E-state index is 10.6. The van der Waals surface area contributed by atoms with E-state index in [0.29, 0.717) is 19.6 Å². The molecule has 0 aliphatic rings. The van der Waals surface area contributed by atoms with E-state index >= 15 is 0 Å². The third-order valence-electron chi connectivity index (χ3n) is 3.30. The zero-order valence-corrected chi connectivity index (χ0v) is 11.9. The minimum absolute atomic E-state index is 0.101. The van der Waals surface area contributed by atoms with Gasteiger partial charge in [0.15, 0.2) is 0 Å². The van der Waals surface area contributed by atoms with Gasteiger partial charge in [-0.2, -0.15) is 0 Å². The van der Waals surface area contributed by atoms with Crippen molar-refractivity contribution in [2.24, 2.45) is 5.73 Å². The van der Waals surface area contributed by atoms with Crippen molar-refractivity contribution in [2.45, 2.75) is 19.9 Å². The number of hydrogen-bond donors (Lipinski definition) is 1. The Morgan fingerprint density at radius 2 is 1.90 bits per heavy atom. The van der Waals surface area contributed by atoms with Crippen LogP contribution in [0.25, 0.3) is 0 Å². The van der Waals surface area contributed by atoms with Crippen molar-refractivity contribution in [1.29, 1.82) is 0 Å². The Morgan fingerprint density at radius 1 is 1.19 bits per heavy atom. The normalized spacial score (nSPS) is 10.4. The van der Waals surface area contributed by atoms with Crippen molar-refractivity contribution in [2.75, 3.05) is 6.61 Å². The SMILES string of the molecule is Cc1cccc(CN)c1OCCc1ccc([N+](=O)[O-])cc1. The largest absolute Gasteiger partial charge is 0.493 e. The molecular weight excluding hydrogens is 268 g/mol. The molecule has 0 fully saturated rings. The summed E-state index contributed by atoms with van der Waals surface area (Å²) in [6, 6.07) is 12.4. The molecule has 0 aliphatic heterocycles. The van der Waals surface area contributed by atoms with E-state index in [1.807, 2.05) is 25.1 Å². The number of nitrogens with zero attached hydrogens (tertiary/aromatic N) is 1. The number of ether oxygens (including phenoxy) is 1. The van der Waals surface area contributed by atoms with E-state index in [0.717, 1.165) is 22.4 Å². The van der Waals surface area contributed by atoms with E-state index in [4.69, 9.17) is 10.5 Å². The highest BCUT2D eigenvalue weighted by molar-refractivity contribution is 5.40. The van der Waals surface area contributed by atoms with Gasteiger partial charge in [-0.05, 0) is 18.1 Å². The van der Waals surface area contributed by atoms with Gasteiger partial charge in [0.25, 0.3) is 5.69 Å². The lowest BCUT2D eigenvalue weighted by molar-refractivity contribution is -0.384. The van der Waals surface area contributed by atoms with Gasteiger partial charge >= 0.3 is 0 Å². The van der Waals surface area contributed by atoms with E-state index in [9.17, 15) is 10.1 Å². The lowest BCUT2D eigenvalue weighted by Crippen LogP contribution is -2.07. The molecule has 0 aliphatic carbocycles. The summed E-state index contributed by atoms with van der Waals surface area (Å²) in [5.41, 5.74) is 8.85. The molecular formula is C16H18N2O3. The van der Waals surface area contributed by atoms with E-state index in [1.165, 1.54) is 12.1 Å². The summed E-state index contributed by atoms with van der Waals surface area (Å²) < 4.78 is 5.83. The molecule has 0 heterocycles. The van der Waals surface area contributed by atoms with Crippen LogP contribution in [-0.2, 0) is 13.0 Å². The number of hydrogen-bond acceptors (Lipinski definition) is 4. The van der Waals surface area contributed by atoms with Crippen LogP contribution in [0.1, 0.15) is 16.7 Å². The molecule has 0 saturated carbocycles. The van der Waals surface area contributed by atoms with Gasteiger partial charge in [0.05, 0.1) is 11.5 Å². The number of benzene rings is 2. The third kappa shape index (κ3) is 3.79. The fourth-order valence-corrected chi connectivity index (χ4v) is 2.14. The van der Waals surface area contributed by atoms with E-state index in [2.05, 4.69) is 0 Å². The summed E-state index contributed by atoms with van der Waals surface area (Å²) in [5, 5.41) is 10.6. The predicted molar refractivity (Wildman–Crippen MR) is 81.4 cm³/mol. The molecule has 21 heavy (non-hydrogen) atoms. The third-order valence-corrected chi connectivity index (χ3v) is 3.30. The van der Waals surface area contributed by atoms with Gasteiger partial charge in [-0.1, -0.05) is 30.3 Å². The van der Waals surface area contributed by atoms with Crippen molar-refractivity contribution >= 4 is 5.69 Å². The molecule has 0 unspecified atom stereocenters. The molecule has 0 aromatic heterocycles. The standard InChI is InChI=1S/C16H18N2O3/c1-12-3-2-4-14(11-17)16(12)21-10-9-13-5-7-15(8-6-13)18(19)20/h2-8H,9-11,17H2,1H3. The second kappa shape index (κ2) is 6.85. The Morgan fingerprint density at radius 3 is 2.52 bits per heavy atom. The Labute approximate surface area is 123 Å². The predicted octanol–water partition coefficient (Wildman–Crippen LogP) is 2.98. The highest BCUT2D eigenvalue weighted by Crippen LogP contribution is 2.23. The van der Waals surface area contributed by atoms with Crippen molar-refractivity contribution in [1.82, 2.24) is 0 Å². The van der Waals surface area contributed by atoms with Crippen LogP contribution in [0.15, 0.2) is 42.5 Å². The minimum atomic E-state index is -0.402. The second-order valence-electron chi connectivity index (χ2n) is 4.79. The second-order valence-corrected chi connectivity index (χ2v) is 4.79. The quantitative estimate of drug-likeness (QED) is 0.654. The summed E-state index contributed by atoms with van der Waals surface area (Å²) in [7, 11) is 0. The maximum absolute atomic E-state index is 10.6. The Bertz CT molecular complexity index is 624. The summed E-state index contributed by atoms with van der Waals surface area (Å²) in [6.07, 6.45) is 0.691. The van der Waals surface area contributed by atoms with Gasteiger partial charge in [-0.25, -0.2) is 0 Å². The smallest absolute Gasteiger partial charge is 0.269 e. The Balaban J connectivity index is 1.97. The molecule has 0 amide bonds. The number of nitro benzene ring substituents is 1. The molecule has 0 bridgehead atoms. The van der Waals surface area contributed by atoms with Crippen LogP contribution in [0.4, 0.5) is 5.69 Å². The first kappa shape index (κ1) is 15.0. The van der Waals surface area contributed by atoms with Crippen LogP contribution in [-0.4, -0.2) is 11.5 Å². The zero-order valence-electron chi connectivity index (χ0n) is 11.9. The Kier molecular flexibility index (Phi) is 4.90. The molecule has 0 spiro atoms. The lowest BCUT2D eigenvalue weighted by Gasteiger charge is -2.13. The van der Waals surface area contributed by atoms with Gasteiger partial charge in [-0.15, -0.1) is 0 Å². The average molecular weight is 286 g/mol. The molecule has 2 N–H and O–H groups in total. The number of nitrogens with two attached hydrogens (primary N) is 1. The van der Waals surface area contributed by atoms with Gasteiger partial charge in [0, 0.05) is 30.7 Å². The highest BCUT2D eigenvalue weighted by atomic mass is 16.6. The number of rotatable bonds is 6. The van der Waals surface area contributed by atoms with Gasteiger partial charge in [0.2, 0.25) is 0 Å². The van der Waals surface area contributed by atoms with Crippen LogP contribution in [0.5, 0.6) is 5.75 Å². The van der Waals surface area contributed by atoms with Gasteiger partial charge in [0.1, 0.15) is 5.75 Å². The highest BCUT2D eigenvalue weighted by Gasteiger charge is 2.07. The summed E-state index contributed by atoms with van der Waals surface area (Å²) >= 11 is 0. The topological polar surface area (TPSA) is 78.4 Å². The Hall–Kier alpha value is -2.40. The summed E-state index contributed by atoms with van der Waals surface area (Å²) in [6.45, 7) is 2.94. The van der Waals surface area contributed by atoms with Crippen LogP contribution in [0.3, 0.4) is 0 Å². The van der Waals surface area contributed by atoms with Crippen molar-refractivity contribution in [3.8, 4) is 5.75 Å². The monoisotopic (exact) mass is 286 g/mol. The molecule has 0 radical (unpaired) electrons. The number of aryl methyl sites for hydroxylation is 1. The molecule has 2 rings (SSSR count). The molecule has 110 valence electrons. The zero-order chi connectivity index (χ0) is 15.2. The van der Waals surface area contributed by atoms with E-state index in [-0.39, 0.29) is 5.69 Å². The van der Waals surface area contributed by atoms with E-state index < -0.39 is 4.92 Å². The number of para-hydroxylation sites is 1.